The summed E-state index contributed by atoms with van der Waals surface area (Å²) in [6, 6.07) is 0. The number of rotatable bonds is 3. The molecular weight excluding hydrogens is 222 g/mol. The maximum atomic E-state index is 11.1. The summed E-state index contributed by atoms with van der Waals surface area (Å²) < 4.78 is 0.433. The molecule has 9 heteroatoms. The van der Waals surface area contributed by atoms with E-state index < -0.39 is 28.7 Å². The van der Waals surface area contributed by atoms with Crippen molar-refractivity contribution in [1.29, 1.82) is 0 Å². The Morgan fingerprint density at radius 1 is 1.62 bits per heavy atom. The Morgan fingerprint density at radius 3 is 2.75 bits per heavy atom. The van der Waals surface area contributed by atoms with Gasteiger partial charge in [0.1, 0.15) is 5.56 Å². The highest BCUT2D eigenvalue weighted by Gasteiger charge is 2.11. The molecule has 0 saturated carbocycles. The Kier molecular flexibility index (Phi) is 3.18. The van der Waals surface area contributed by atoms with Crippen molar-refractivity contribution >= 4 is 5.97 Å². The molecule has 86 valence electrons. The number of nitrogens with zero attached hydrogens (tertiary/aromatic N) is 2. The van der Waals surface area contributed by atoms with Gasteiger partial charge in [-0.05, 0) is 0 Å². The average molecular weight is 229 g/mol. The van der Waals surface area contributed by atoms with Crippen molar-refractivity contribution in [3.8, 4) is 0 Å². The zero-order valence-electron chi connectivity index (χ0n) is 8.13. The first kappa shape index (κ1) is 11.6. The maximum absolute atomic E-state index is 11.1. The van der Waals surface area contributed by atoms with Crippen LogP contribution in [0.2, 0.25) is 0 Å². The fourth-order valence-corrected chi connectivity index (χ4v) is 0.949. The van der Waals surface area contributed by atoms with Gasteiger partial charge in [-0.25, -0.2) is 9.59 Å². The number of nitro groups is 1. The van der Waals surface area contributed by atoms with Crippen LogP contribution in [-0.4, -0.2) is 20.6 Å². The van der Waals surface area contributed by atoms with Gasteiger partial charge >= 0.3 is 11.7 Å². The van der Waals surface area contributed by atoms with Gasteiger partial charge in [0.2, 0.25) is 6.54 Å². The fraction of sp³-hybridized carbons (Fsp3) is 0.286. The van der Waals surface area contributed by atoms with Crippen LogP contribution in [0.4, 0.5) is 0 Å². The van der Waals surface area contributed by atoms with Crippen molar-refractivity contribution in [2.24, 2.45) is 0 Å². The van der Waals surface area contributed by atoms with Crippen LogP contribution < -0.4 is 16.1 Å². The predicted octanol–water partition coefficient (Wildman–Crippen LogP) is -1.71. The number of aromatic nitrogens is 2. The van der Waals surface area contributed by atoms with Crippen LogP contribution in [0.15, 0.2) is 15.8 Å². The van der Waals surface area contributed by atoms with Crippen LogP contribution >= 0.6 is 0 Å². The Hall–Kier alpha value is -2.45. The van der Waals surface area contributed by atoms with Gasteiger partial charge in [0, 0.05) is 11.8 Å². The van der Waals surface area contributed by atoms with Crippen molar-refractivity contribution in [1.82, 2.24) is 9.71 Å². The minimum atomic E-state index is -0.979. The van der Waals surface area contributed by atoms with E-state index in [2.05, 4.69) is 4.84 Å². The molecule has 0 aliphatic carbocycles. The van der Waals surface area contributed by atoms with Gasteiger partial charge in [-0.15, -0.1) is 4.73 Å². The van der Waals surface area contributed by atoms with E-state index in [4.69, 9.17) is 0 Å². The van der Waals surface area contributed by atoms with E-state index >= 15 is 0 Å². The molecule has 1 rings (SSSR count). The molecule has 0 aliphatic heterocycles. The summed E-state index contributed by atoms with van der Waals surface area (Å²) >= 11 is 0. The summed E-state index contributed by atoms with van der Waals surface area (Å²) in [5.41, 5.74) is -2.15. The lowest BCUT2D eigenvalue weighted by atomic mass is 10.3. The third-order valence-corrected chi connectivity index (χ3v) is 1.51. The number of nitrogens with one attached hydrogen (secondary N) is 1. The van der Waals surface area contributed by atoms with Crippen molar-refractivity contribution in [2.75, 3.05) is 0 Å². The summed E-state index contributed by atoms with van der Waals surface area (Å²) in [4.78, 5) is 48.4. The molecule has 0 spiro atoms. The van der Waals surface area contributed by atoms with E-state index in [0.717, 1.165) is 13.1 Å². The zero-order valence-corrected chi connectivity index (χ0v) is 8.13. The van der Waals surface area contributed by atoms with Crippen LogP contribution in [0.25, 0.3) is 0 Å². The number of hydrogen-bond donors (Lipinski definition) is 1. The molecular formula is C7H7N3O6. The van der Waals surface area contributed by atoms with E-state index in [-0.39, 0.29) is 5.56 Å². The van der Waals surface area contributed by atoms with Crippen molar-refractivity contribution in [3.63, 3.8) is 0 Å². The van der Waals surface area contributed by atoms with Crippen LogP contribution in [0.5, 0.6) is 0 Å². The summed E-state index contributed by atoms with van der Waals surface area (Å²) in [6.45, 7) is 0.279. The smallest absolute Gasteiger partial charge is 0.333 e. The van der Waals surface area contributed by atoms with E-state index in [1.165, 1.54) is 0 Å². The van der Waals surface area contributed by atoms with E-state index in [9.17, 15) is 24.5 Å². The standard InChI is InChI=1S/C7H7N3O6/c1-4(11)16-9-2-5(3-10(14)15)6(12)8-7(9)13/h2H,3H2,1H3,(H,8,12,13). The molecule has 0 saturated heterocycles. The van der Waals surface area contributed by atoms with Crippen molar-refractivity contribution < 1.29 is 14.6 Å². The van der Waals surface area contributed by atoms with Crippen LogP contribution in [-0.2, 0) is 11.3 Å². The first-order valence-corrected chi connectivity index (χ1v) is 4.05. The third-order valence-electron chi connectivity index (χ3n) is 1.51. The zero-order chi connectivity index (χ0) is 12.3. The maximum Gasteiger partial charge on any atom is 0.361 e. The number of aromatic amines is 1. The van der Waals surface area contributed by atoms with Crippen LogP contribution in [0, 0.1) is 10.1 Å². The van der Waals surface area contributed by atoms with E-state index in [0.29, 0.717) is 4.73 Å². The molecule has 1 aromatic rings. The lowest BCUT2D eigenvalue weighted by Crippen LogP contribution is -2.37. The molecule has 0 aliphatic rings. The van der Waals surface area contributed by atoms with Crippen molar-refractivity contribution in [3.05, 3.63) is 42.7 Å². The fourth-order valence-electron chi connectivity index (χ4n) is 0.949. The highest BCUT2D eigenvalue weighted by Crippen LogP contribution is 1.89. The van der Waals surface area contributed by atoms with E-state index in [1.807, 2.05) is 0 Å². The molecule has 0 aromatic carbocycles. The molecule has 1 aromatic heterocycles. The summed E-state index contributed by atoms with van der Waals surface area (Å²) in [5, 5.41) is 10.2. The first-order chi connectivity index (χ1) is 7.40. The van der Waals surface area contributed by atoms with Gasteiger partial charge in [-0.3, -0.25) is 19.9 Å². The summed E-state index contributed by atoms with van der Waals surface area (Å²) in [5.74, 6) is -0.791. The van der Waals surface area contributed by atoms with Crippen LogP contribution in [0.3, 0.4) is 0 Å². The largest absolute Gasteiger partial charge is 0.361 e. The highest BCUT2D eigenvalue weighted by atomic mass is 16.7. The second-order valence-corrected chi connectivity index (χ2v) is 2.81. The Morgan fingerprint density at radius 2 is 2.25 bits per heavy atom. The number of carbonyl (C=O) groups excluding carboxylic acids is 1. The van der Waals surface area contributed by atoms with E-state index in [1.54, 1.807) is 4.98 Å². The lowest BCUT2D eigenvalue weighted by molar-refractivity contribution is -0.497. The molecule has 1 heterocycles. The first-order valence-electron chi connectivity index (χ1n) is 4.05. The second kappa shape index (κ2) is 4.38. The number of H-pyrrole nitrogens is 1. The number of hydrogen-bond acceptors (Lipinski definition) is 6. The van der Waals surface area contributed by atoms with Crippen LogP contribution in [0.1, 0.15) is 12.5 Å². The minimum Gasteiger partial charge on any atom is -0.333 e. The molecule has 1 N–H and O–H groups in total. The molecule has 0 fully saturated rings. The SMILES string of the molecule is CC(=O)On1cc(C[N+](=O)[O-])c(=O)[nH]c1=O. The van der Waals surface area contributed by atoms with Gasteiger partial charge in [0.25, 0.3) is 5.56 Å². The van der Waals surface area contributed by atoms with Gasteiger partial charge in [-0.1, -0.05) is 0 Å². The molecule has 0 atom stereocenters. The average Bonchev–Trinajstić information content (AvgIpc) is 2.11. The summed E-state index contributed by atoms with van der Waals surface area (Å²) in [6.07, 6.45) is 0.811. The monoisotopic (exact) mass is 229 g/mol. The Labute approximate surface area is 87.4 Å². The minimum absolute atomic E-state index is 0.286. The Balaban J connectivity index is 3.21. The Bertz CT molecular complexity index is 497. The molecule has 0 radical (unpaired) electrons. The normalized spacial score (nSPS) is 9.81. The molecule has 0 bridgehead atoms. The van der Waals surface area contributed by atoms with Gasteiger partial charge in [0.05, 0.1) is 6.20 Å². The predicted molar refractivity (Wildman–Crippen MR) is 49.3 cm³/mol. The quantitative estimate of drug-likeness (QED) is 0.486. The van der Waals surface area contributed by atoms with Gasteiger partial charge < -0.3 is 4.84 Å². The highest BCUT2D eigenvalue weighted by molar-refractivity contribution is 5.66. The second-order valence-electron chi connectivity index (χ2n) is 2.81. The van der Waals surface area contributed by atoms with Crippen molar-refractivity contribution in [2.45, 2.75) is 13.5 Å². The summed E-state index contributed by atoms with van der Waals surface area (Å²) in [7, 11) is 0. The third kappa shape index (κ3) is 2.77. The number of carbonyl (C=O) groups is 1. The topological polar surface area (TPSA) is 124 Å². The molecule has 0 amide bonds. The lowest BCUT2D eigenvalue weighted by Gasteiger charge is -2.03. The molecule has 16 heavy (non-hydrogen) atoms. The molecule has 0 unspecified atom stereocenters. The van der Waals surface area contributed by atoms with Gasteiger partial charge in [-0.2, -0.15) is 0 Å². The van der Waals surface area contributed by atoms with Gasteiger partial charge in [0.15, 0.2) is 0 Å². The molecule has 9 nitrogen and oxygen atoms in total.